The second-order valence-electron chi connectivity index (χ2n) is 5.05. The quantitative estimate of drug-likeness (QED) is 0.678. The van der Waals surface area contributed by atoms with Gasteiger partial charge in [-0.2, -0.15) is 0 Å². The van der Waals surface area contributed by atoms with Gasteiger partial charge in [-0.25, -0.2) is 9.78 Å². The molecule has 0 bridgehead atoms. The van der Waals surface area contributed by atoms with Crippen molar-refractivity contribution in [2.45, 2.75) is 6.10 Å². The van der Waals surface area contributed by atoms with Crippen LogP contribution < -0.4 is 0 Å². The van der Waals surface area contributed by atoms with Gasteiger partial charge >= 0.3 is 5.97 Å². The highest BCUT2D eigenvalue weighted by molar-refractivity contribution is 5.88. The zero-order valence-corrected chi connectivity index (χ0v) is 11.6. The second-order valence-corrected chi connectivity index (χ2v) is 5.05. The van der Waals surface area contributed by atoms with Crippen molar-refractivity contribution in [2.75, 3.05) is 0 Å². The Bertz CT molecular complexity index is 801. The van der Waals surface area contributed by atoms with Gasteiger partial charge in [0.25, 0.3) is 0 Å². The van der Waals surface area contributed by atoms with E-state index in [-0.39, 0.29) is 5.69 Å². The minimum absolute atomic E-state index is 0.212. The zero-order valence-electron chi connectivity index (χ0n) is 11.6. The molecule has 0 saturated carbocycles. The third-order valence-electron chi connectivity index (χ3n) is 3.77. The third-order valence-corrected chi connectivity index (χ3v) is 3.77. The predicted octanol–water partition coefficient (Wildman–Crippen LogP) is 3.40. The molecule has 0 radical (unpaired) electrons. The number of aromatic nitrogens is 2. The Balaban J connectivity index is 1.74. The van der Waals surface area contributed by atoms with Crippen molar-refractivity contribution in [3.63, 3.8) is 0 Å². The molecule has 1 aliphatic carbocycles. The molecule has 0 aliphatic heterocycles. The largest absolute Gasteiger partial charge is 0.448 e. The van der Waals surface area contributed by atoms with Gasteiger partial charge in [0, 0.05) is 23.5 Å². The van der Waals surface area contributed by atoms with Crippen LogP contribution in [0.5, 0.6) is 0 Å². The monoisotopic (exact) mass is 288 g/mol. The van der Waals surface area contributed by atoms with Crippen molar-refractivity contribution in [3.8, 4) is 11.1 Å². The van der Waals surface area contributed by atoms with Crippen molar-refractivity contribution in [3.05, 3.63) is 83.9 Å². The van der Waals surface area contributed by atoms with Crippen molar-refractivity contribution >= 4 is 5.97 Å². The number of carbonyl (C=O) groups excluding carboxylic acids is 1. The third kappa shape index (κ3) is 1.97. The maximum absolute atomic E-state index is 12.3. The van der Waals surface area contributed by atoms with Crippen LogP contribution in [-0.4, -0.2) is 15.9 Å². The second kappa shape index (κ2) is 5.07. The fraction of sp³-hybridized carbons (Fsp3) is 0.0556. The van der Waals surface area contributed by atoms with Crippen molar-refractivity contribution in [1.82, 2.24) is 9.97 Å². The van der Waals surface area contributed by atoms with Crippen molar-refractivity contribution in [1.29, 1.82) is 0 Å². The Morgan fingerprint density at radius 3 is 2.14 bits per heavy atom. The molecule has 3 aromatic rings. The van der Waals surface area contributed by atoms with Crippen molar-refractivity contribution in [2.24, 2.45) is 0 Å². The van der Waals surface area contributed by atoms with Gasteiger partial charge in [0.1, 0.15) is 0 Å². The first-order chi connectivity index (χ1) is 10.8. The number of benzene rings is 2. The maximum Gasteiger partial charge on any atom is 0.359 e. The molecule has 4 heteroatoms. The van der Waals surface area contributed by atoms with Crippen LogP contribution in [0, 0.1) is 0 Å². The average Bonchev–Trinajstić information content (AvgIpc) is 2.90. The molecule has 2 aromatic carbocycles. The summed E-state index contributed by atoms with van der Waals surface area (Å²) in [5, 5.41) is 0. The van der Waals surface area contributed by atoms with E-state index in [1.54, 1.807) is 0 Å². The summed E-state index contributed by atoms with van der Waals surface area (Å²) in [6.07, 6.45) is 4.01. The lowest BCUT2D eigenvalue weighted by Gasteiger charge is -2.14. The average molecular weight is 288 g/mol. The van der Waals surface area contributed by atoms with Gasteiger partial charge in [-0.15, -0.1) is 0 Å². The van der Waals surface area contributed by atoms with E-state index in [2.05, 4.69) is 9.97 Å². The molecule has 1 heterocycles. The normalized spacial score (nSPS) is 12.5. The molecule has 0 spiro atoms. The highest BCUT2D eigenvalue weighted by Gasteiger charge is 2.31. The Morgan fingerprint density at radius 2 is 1.55 bits per heavy atom. The maximum atomic E-state index is 12.3. The number of rotatable bonds is 2. The van der Waals surface area contributed by atoms with Crippen LogP contribution in [0.2, 0.25) is 0 Å². The van der Waals surface area contributed by atoms with E-state index in [0.29, 0.717) is 0 Å². The van der Waals surface area contributed by atoms with E-state index in [1.807, 2.05) is 48.5 Å². The Morgan fingerprint density at radius 1 is 0.909 bits per heavy atom. The molecule has 0 unspecified atom stereocenters. The summed E-state index contributed by atoms with van der Waals surface area (Å²) in [6.45, 7) is 0. The van der Waals surface area contributed by atoms with Gasteiger partial charge in [-0.05, 0) is 11.1 Å². The van der Waals surface area contributed by atoms with Crippen molar-refractivity contribution < 1.29 is 9.53 Å². The first-order valence-corrected chi connectivity index (χ1v) is 7.00. The summed E-state index contributed by atoms with van der Waals surface area (Å²) in [4.78, 5) is 20.2. The molecule has 1 aliphatic rings. The van der Waals surface area contributed by atoms with E-state index in [0.717, 1.165) is 22.3 Å². The summed E-state index contributed by atoms with van der Waals surface area (Å²) in [5.41, 5.74) is 4.43. The molecule has 4 nitrogen and oxygen atoms in total. The molecule has 106 valence electrons. The van der Waals surface area contributed by atoms with Gasteiger partial charge in [-0.1, -0.05) is 48.5 Å². The lowest BCUT2D eigenvalue weighted by atomic mass is 10.1. The van der Waals surface area contributed by atoms with Gasteiger partial charge < -0.3 is 4.74 Å². The first-order valence-electron chi connectivity index (χ1n) is 7.00. The fourth-order valence-corrected chi connectivity index (χ4v) is 2.81. The van der Waals surface area contributed by atoms with Crippen LogP contribution in [0.4, 0.5) is 0 Å². The molecule has 1 aromatic heterocycles. The first kappa shape index (κ1) is 12.7. The van der Waals surface area contributed by atoms with Gasteiger partial charge in [0.05, 0.1) is 6.20 Å². The Hall–Kier alpha value is -3.01. The molecule has 0 atom stereocenters. The van der Waals surface area contributed by atoms with Gasteiger partial charge in [0.2, 0.25) is 0 Å². The summed E-state index contributed by atoms with van der Waals surface area (Å²) < 4.78 is 5.71. The Kier molecular flexibility index (Phi) is 2.93. The van der Waals surface area contributed by atoms with E-state index < -0.39 is 12.1 Å². The number of nitrogens with zero attached hydrogens (tertiary/aromatic N) is 2. The zero-order chi connectivity index (χ0) is 14.9. The number of ether oxygens (including phenoxy) is 1. The molecular formula is C18H12N2O2. The van der Waals surface area contributed by atoms with Gasteiger partial charge in [-0.3, -0.25) is 4.98 Å². The predicted molar refractivity (Wildman–Crippen MR) is 81.2 cm³/mol. The number of carbonyl (C=O) groups is 1. The smallest absolute Gasteiger partial charge is 0.359 e. The summed E-state index contributed by atoms with van der Waals surface area (Å²) in [6, 6.07) is 16.0. The molecule has 22 heavy (non-hydrogen) atoms. The number of fused-ring (bicyclic) bond motifs is 3. The standard InChI is InChI=1S/C18H12N2O2/c21-18(16-11-19-9-10-20-16)22-17-14-7-3-1-5-12(14)13-6-2-4-8-15(13)17/h1-11,17H. The SMILES string of the molecule is O=C(OC1c2ccccc2-c2ccccc21)c1cnccn1. The lowest BCUT2D eigenvalue weighted by Crippen LogP contribution is -2.12. The minimum atomic E-state index is -0.468. The highest BCUT2D eigenvalue weighted by Crippen LogP contribution is 2.45. The van der Waals surface area contributed by atoms with Crippen LogP contribution >= 0.6 is 0 Å². The van der Waals surface area contributed by atoms with E-state index in [4.69, 9.17) is 4.74 Å². The van der Waals surface area contributed by atoms with E-state index >= 15 is 0 Å². The van der Waals surface area contributed by atoms with Crippen LogP contribution in [0.15, 0.2) is 67.1 Å². The molecule has 0 saturated heterocycles. The molecular weight excluding hydrogens is 276 g/mol. The molecule has 0 amide bonds. The topological polar surface area (TPSA) is 52.1 Å². The van der Waals surface area contributed by atoms with Gasteiger partial charge in [0.15, 0.2) is 11.8 Å². The minimum Gasteiger partial charge on any atom is -0.448 e. The fourth-order valence-electron chi connectivity index (χ4n) is 2.81. The number of hydrogen-bond donors (Lipinski definition) is 0. The van der Waals surface area contributed by atoms with Crippen LogP contribution in [0.3, 0.4) is 0 Å². The molecule has 0 N–H and O–H groups in total. The number of esters is 1. The van der Waals surface area contributed by atoms with E-state index in [9.17, 15) is 4.79 Å². The Labute approximate surface area is 127 Å². The summed E-state index contributed by atoms with van der Waals surface area (Å²) in [7, 11) is 0. The van der Waals surface area contributed by atoms with Crippen LogP contribution in [-0.2, 0) is 4.74 Å². The van der Waals surface area contributed by atoms with Crippen LogP contribution in [0.25, 0.3) is 11.1 Å². The summed E-state index contributed by atoms with van der Waals surface area (Å²) >= 11 is 0. The summed E-state index contributed by atoms with van der Waals surface area (Å²) in [5.74, 6) is -0.468. The van der Waals surface area contributed by atoms with Crippen LogP contribution in [0.1, 0.15) is 27.7 Å². The molecule has 4 rings (SSSR count). The van der Waals surface area contributed by atoms with E-state index in [1.165, 1.54) is 18.6 Å². The lowest BCUT2D eigenvalue weighted by molar-refractivity contribution is 0.0378. The highest BCUT2D eigenvalue weighted by atomic mass is 16.5. The number of hydrogen-bond acceptors (Lipinski definition) is 4. The molecule has 0 fully saturated rings.